The van der Waals surface area contributed by atoms with Crippen LogP contribution in [0.5, 0.6) is 0 Å². The fourth-order valence-corrected chi connectivity index (χ4v) is 2.83. The third kappa shape index (κ3) is 2.91. The molecule has 1 unspecified atom stereocenters. The first kappa shape index (κ1) is 12.2. The van der Waals surface area contributed by atoms with Crippen molar-refractivity contribution < 1.29 is 0 Å². The number of halogens is 2. The summed E-state index contributed by atoms with van der Waals surface area (Å²) in [6.07, 6.45) is 3.79. The summed E-state index contributed by atoms with van der Waals surface area (Å²) in [6.45, 7) is 2.07. The zero-order valence-electron chi connectivity index (χ0n) is 9.33. The lowest BCUT2D eigenvalue weighted by Crippen LogP contribution is -2.40. The smallest absolute Gasteiger partial charge is 0.0451 e. The van der Waals surface area contributed by atoms with E-state index >= 15 is 0 Å². The molecule has 88 valence electrons. The molecule has 0 bridgehead atoms. The molecular weight excluding hydrogens is 241 g/mol. The highest BCUT2D eigenvalue weighted by molar-refractivity contribution is 6.31. The quantitative estimate of drug-likeness (QED) is 0.742. The third-order valence-corrected chi connectivity index (χ3v) is 3.98. The third-order valence-electron chi connectivity index (χ3n) is 3.26. The van der Waals surface area contributed by atoms with Gasteiger partial charge < -0.3 is 0 Å². The van der Waals surface area contributed by atoms with Crippen LogP contribution in [-0.4, -0.2) is 23.4 Å². The molecular formula is C13H17Cl2N. The van der Waals surface area contributed by atoms with E-state index in [0.29, 0.717) is 6.04 Å². The molecule has 1 saturated heterocycles. The van der Waals surface area contributed by atoms with Crippen LogP contribution in [0.1, 0.15) is 24.8 Å². The summed E-state index contributed by atoms with van der Waals surface area (Å²) in [7, 11) is 0. The van der Waals surface area contributed by atoms with Crippen LogP contribution in [0.4, 0.5) is 0 Å². The van der Waals surface area contributed by atoms with Gasteiger partial charge in [-0.1, -0.05) is 36.2 Å². The Balaban J connectivity index is 2.05. The van der Waals surface area contributed by atoms with Gasteiger partial charge in [0.15, 0.2) is 0 Å². The average Bonchev–Trinajstić information content (AvgIpc) is 2.33. The van der Waals surface area contributed by atoms with E-state index < -0.39 is 0 Å². The number of piperidine rings is 1. The molecule has 1 fully saturated rings. The van der Waals surface area contributed by atoms with Crippen molar-refractivity contribution in [3.05, 3.63) is 34.9 Å². The highest BCUT2D eigenvalue weighted by atomic mass is 35.5. The second-order valence-corrected chi connectivity index (χ2v) is 5.08. The van der Waals surface area contributed by atoms with Crippen molar-refractivity contribution in [2.75, 3.05) is 12.4 Å². The van der Waals surface area contributed by atoms with E-state index in [9.17, 15) is 0 Å². The molecule has 16 heavy (non-hydrogen) atoms. The zero-order chi connectivity index (χ0) is 11.4. The Kier molecular flexibility index (Phi) is 4.51. The predicted octanol–water partition coefficient (Wildman–Crippen LogP) is 3.93. The summed E-state index contributed by atoms with van der Waals surface area (Å²) in [6, 6.07) is 8.59. The average molecular weight is 258 g/mol. The SMILES string of the molecule is ClCC1CCCCN1Cc1ccccc1Cl. The van der Waals surface area contributed by atoms with E-state index in [1.807, 2.05) is 18.2 Å². The number of nitrogens with zero attached hydrogens (tertiary/aromatic N) is 1. The van der Waals surface area contributed by atoms with Gasteiger partial charge in [-0.3, -0.25) is 4.90 Å². The van der Waals surface area contributed by atoms with Crippen LogP contribution < -0.4 is 0 Å². The summed E-state index contributed by atoms with van der Waals surface area (Å²) in [5, 5.41) is 0.862. The minimum atomic E-state index is 0.520. The Labute approximate surface area is 107 Å². The van der Waals surface area contributed by atoms with Crippen molar-refractivity contribution in [2.24, 2.45) is 0 Å². The molecule has 0 amide bonds. The monoisotopic (exact) mass is 257 g/mol. The lowest BCUT2D eigenvalue weighted by atomic mass is 10.0. The summed E-state index contributed by atoms with van der Waals surface area (Å²) >= 11 is 12.2. The maximum absolute atomic E-state index is 6.17. The van der Waals surface area contributed by atoms with Crippen molar-refractivity contribution >= 4 is 23.2 Å². The summed E-state index contributed by atoms with van der Waals surface area (Å²) in [4.78, 5) is 2.46. The van der Waals surface area contributed by atoms with Crippen LogP contribution in [0.2, 0.25) is 5.02 Å². The normalized spacial score (nSPS) is 22.2. The number of hydrogen-bond donors (Lipinski definition) is 0. The van der Waals surface area contributed by atoms with Gasteiger partial charge in [-0.15, -0.1) is 11.6 Å². The van der Waals surface area contributed by atoms with Gasteiger partial charge in [-0.2, -0.15) is 0 Å². The number of benzene rings is 1. The molecule has 1 aromatic rings. The van der Waals surface area contributed by atoms with Crippen LogP contribution in [-0.2, 0) is 6.54 Å². The Bertz CT molecular complexity index is 340. The summed E-state index contributed by atoms with van der Waals surface area (Å²) in [5.41, 5.74) is 1.21. The van der Waals surface area contributed by atoms with Gasteiger partial charge in [0.05, 0.1) is 0 Å². The molecule has 3 heteroatoms. The van der Waals surface area contributed by atoms with Crippen molar-refractivity contribution in [3.63, 3.8) is 0 Å². The number of alkyl halides is 1. The van der Waals surface area contributed by atoms with Crippen LogP contribution in [0.15, 0.2) is 24.3 Å². The molecule has 0 spiro atoms. The van der Waals surface area contributed by atoms with Gasteiger partial charge >= 0.3 is 0 Å². The van der Waals surface area contributed by atoms with E-state index in [0.717, 1.165) is 24.0 Å². The zero-order valence-corrected chi connectivity index (χ0v) is 10.8. The van der Waals surface area contributed by atoms with Gasteiger partial charge in [0.1, 0.15) is 0 Å². The fraction of sp³-hybridized carbons (Fsp3) is 0.538. The highest BCUT2D eigenvalue weighted by Crippen LogP contribution is 2.23. The molecule has 1 atom stereocenters. The predicted molar refractivity (Wildman–Crippen MR) is 70.2 cm³/mol. The minimum absolute atomic E-state index is 0.520. The summed E-state index contributed by atoms with van der Waals surface area (Å²) in [5.74, 6) is 0.727. The molecule has 1 aromatic carbocycles. The Hall–Kier alpha value is -0.240. The molecule has 1 nitrogen and oxygen atoms in total. The molecule has 1 aliphatic rings. The topological polar surface area (TPSA) is 3.24 Å². The Morgan fingerprint density at radius 2 is 2.06 bits per heavy atom. The van der Waals surface area contributed by atoms with Crippen molar-refractivity contribution in [1.29, 1.82) is 0 Å². The van der Waals surface area contributed by atoms with Gasteiger partial charge in [0.25, 0.3) is 0 Å². The standard InChI is InChI=1S/C13H17Cl2N/c14-9-12-6-3-4-8-16(12)10-11-5-1-2-7-13(11)15/h1-2,5,7,12H,3-4,6,8-10H2. The lowest BCUT2D eigenvalue weighted by Gasteiger charge is -2.34. The first-order valence-corrected chi connectivity index (χ1v) is 6.76. The van der Waals surface area contributed by atoms with E-state index in [4.69, 9.17) is 23.2 Å². The molecule has 2 rings (SSSR count). The van der Waals surface area contributed by atoms with E-state index in [2.05, 4.69) is 11.0 Å². The highest BCUT2D eigenvalue weighted by Gasteiger charge is 2.21. The van der Waals surface area contributed by atoms with Gasteiger partial charge in [-0.25, -0.2) is 0 Å². The van der Waals surface area contributed by atoms with Crippen LogP contribution >= 0.6 is 23.2 Å². The molecule has 0 aromatic heterocycles. The van der Waals surface area contributed by atoms with Crippen LogP contribution in [0.3, 0.4) is 0 Å². The lowest BCUT2D eigenvalue weighted by molar-refractivity contribution is 0.155. The van der Waals surface area contributed by atoms with Gasteiger partial charge in [-0.05, 0) is 31.0 Å². The maximum atomic E-state index is 6.17. The molecule has 0 N–H and O–H groups in total. The first-order valence-electron chi connectivity index (χ1n) is 5.84. The van der Waals surface area contributed by atoms with Crippen LogP contribution in [0.25, 0.3) is 0 Å². The number of hydrogen-bond acceptors (Lipinski definition) is 1. The van der Waals surface area contributed by atoms with Gasteiger partial charge in [0, 0.05) is 23.5 Å². The number of likely N-dealkylation sites (tertiary alicyclic amines) is 1. The molecule has 0 aliphatic carbocycles. The maximum Gasteiger partial charge on any atom is 0.0451 e. The molecule has 1 aliphatic heterocycles. The second-order valence-electron chi connectivity index (χ2n) is 4.37. The van der Waals surface area contributed by atoms with E-state index in [-0.39, 0.29) is 0 Å². The van der Waals surface area contributed by atoms with E-state index in [1.54, 1.807) is 0 Å². The largest absolute Gasteiger partial charge is 0.295 e. The van der Waals surface area contributed by atoms with Crippen molar-refractivity contribution in [1.82, 2.24) is 4.90 Å². The Morgan fingerprint density at radius 1 is 1.25 bits per heavy atom. The van der Waals surface area contributed by atoms with Gasteiger partial charge in [0.2, 0.25) is 0 Å². The van der Waals surface area contributed by atoms with Crippen molar-refractivity contribution in [3.8, 4) is 0 Å². The van der Waals surface area contributed by atoms with E-state index in [1.165, 1.54) is 24.8 Å². The fourth-order valence-electron chi connectivity index (χ4n) is 2.29. The van der Waals surface area contributed by atoms with Crippen molar-refractivity contribution in [2.45, 2.75) is 31.8 Å². The molecule has 0 radical (unpaired) electrons. The number of rotatable bonds is 3. The molecule has 1 heterocycles. The van der Waals surface area contributed by atoms with Crippen LogP contribution in [0, 0.1) is 0 Å². The first-order chi connectivity index (χ1) is 7.81. The second kappa shape index (κ2) is 5.90. The summed E-state index contributed by atoms with van der Waals surface area (Å²) < 4.78 is 0. The molecule has 0 saturated carbocycles. The minimum Gasteiger partial charge on any atom is -0.295 e. The Morgan fingerprint density at radius 3 is 2.81 bits per heavy atom.